The van der Waals surface area contributed by atoms with Gasteiger partial charge in [-0.1, -0.05) is 30.3 Å². The second-order valence-electron chi connectivity index (χ2n) is 8.54. The fourth-order valence-corrected chi connectivity index (χ4v) is 5.25. The summed E-state index contributed by atoms with van der Waals surface area (Å²) in [6, 6.07) is 24.4. The van der Waals surface area contributed by atoms with Gasteiger partial charge in [-0.2, -0.15) is 5.10 Å². The van der Waals surface area contributed by atoms with E-state index in [0.29, 0.717) is 41.7 Å². The Balaban J connectivity index is 1.45. The maximum Gasteiger partial charge on any atom is 0.338 e. The Labute approximate surface area is 238 Å². The highest BCUT2D eigenvalue weighted by Crippen LogP contribution is 2.26. The summed E-state index contributed by atoms with van der Waals surface area (Å²) in [6.45, 7) is 3.83. The third-order valence-electron chi connectivity index (χ3n) is 5.74. The summed E-state index contributed by atoms with van der Waals surface area (Å²) in [5.41, 5.74) is 3.81. The van der Waals surface area contributed by atoms with Gasteiger partial charge in [0.15, 0.2) is 0 Å². The lowest BCUT2D eigenvalue weighted by molar-refractivity contribution is -0.119. The highest BCUT2D eigenvalue weighted by molar-refractivity contribution is 7.92. The van der Waals surface area contributed by atoms with Crippen molar-refractivity contribution in [3.8, 4) is 17.1 Å². The summed E-state index contributed by atoms with van der Waals surface area (Å²) in [5.74, 6) is 0.407. The highest BCUT2D eigenvalue weighted by atomic mass is 32.2. The maximum absolute atomic E-state index is 13.4. The molecule has 11 heteroatoms. The highest BCUT2D eigenvalue weighted by Gasteiger charge is 2.27. The van der Waals surface area contributed by atoms with Crippen molar-refractivity contribution >= 4 is 33.8 Å². The number of benzene rings is 3. The Morgan fingerprint density at radius 2 is 1.61 bits per heavy atom. The standard InChI is InChI=1S/C30H29N3O7S/c1-3-38-25-16-14-24(15-17-25)33(41(36,37)27-8-6-5-7-9-27)21-29(34)32-31-20-26-18-19-28(40-26)22-10-12-23(13-11-22)30(35)39-4-2/h5-20H,3-4,21H2,1-2H3,(H,32,34)/b31-20+. The van der Waals surface area contributed by atoms with E-state index in [-0.39, 0.29) is 4.90 Å². The number of ether oxygens (including phenoxy) is 2. The number of nitrogens with one attached hydrogen (secondary N) is 1. The third kappa shape index (κ3) is 7.40. The van der Waals surface area contributed by atoms with Crippen LogP contribution < -0.4 is 14.5 Å². The lowest BCUT2D eigenvalue weighted by Crippen LogP contribution is -2.39. The minimum atomic E-state index is -4.06. The van der Waals surface area contributed by atoms with Crippen molar-refractivity contribution in [2.75, 3.05) is 24.1 Å². The summed E-state index contributed by atoms with van der Waals surface area (Å²) in [5, 5.41) is 3.93. The maximum atomic E-state index is 13.4. The molecule has 0 aliphatic carbocycles. The fraction of sp³-hybridized carbons (Fsp3) is 0.167. The number of esters is 1. The van der Waals surface area contributed by atoms with Crippen LogP contribution in [0, 0.1) is 0 Å². The van der Waals surface area contributed by atoms with Gasteiger partial charge in [0.05, 0.1) is 35.6 Å². The fourth-order valence-electron chi connectivity index (χ4n) is 3.81. The first-order valence-electron chi connectivity index (χ1n) is 12.8. The topological polar surface area (TPSA) is 128 Å². The molecule has 1 heterocycles. The van der Waals surface area contributed by atoms with Crippen LogP contribution in [0.1, 0.15) is 30.0 Å². The van der Waals surface area contributed by atoms with E-state index in [0.717, 1.165) is 9.87 Å². The molecule has 1 aromatic heterocycles. The molecular weight excluding hydrogens is 546 g/mol. The van der Waals surface area contributed by atoms with E-state index in [1.165, 1.54) is 18.3 Å². The quantitative estimate of drug-likeness (QED) is 0.145. The van der Waals surface area contributed by atoms with Gasteiger partial charge in [0.2, 0.25) is 0 Å². The Morgan fingerprint density at radius 1 is 0.902 bits per heavy atom. The summed E-state index contributed by atoms with van der Waals surface area (Å²) < 4.78 is 44.1. The molecule has 4 rings (SSSR count). The molecule has 0 saturated heterocycles. The van der Waals surface area contributed by atoms with E-state index in [2.05, 4.69) is 10.5 Å². The van der Waals surface area contributed by atoms with Crippen LogP contribution in [0.15, 0.2) is 105 Å². The van der Waals surface area contributed by atoms with E-state index in [1.807, 2.05) is 6.92 Å². The van der Waals surface area contributed by atoms with Crippen molar-refractivity contribution < 1.29 is 31.9 Å². The van der Waals surface area contributed by atoms with Crippen molar-refractivity contribution in [1.29, 1.82) is 0 Å². The first-order valence-corrected chi connectivity index (χ1v) is 14.3. The van der Waals surface area contributed by atoms with Crippen LogP contribution in [0.3, 0.4) is 0 Å². The van der Waals surface area contributed by atoms with Crippen molar-refractivity contribution in [2.24, 2.45) is 5.10 Å². The van der Waals surface area contributed by atoms with Gasteiger partial charge in [0.25, 0.3) is 15.9 Å². The van der Waals surface area contributed by atoms with E-state index < -0.39 is 28.4 Å². The van der Waals surface area contributed by atoms with E-state index in [1.54, 1.807) is 85.8 Å². The summed E-state index contributed by atoms with van der Waals surface area (Å²) in [4.78, 5) is 24.7. The number of sulfonamides is 1. The van der Waals surface area contributed by atoms with Gasteiger partial charge in [-0.3, -0.25) is 9.10 Å². The molecule has 0 unspecified atom stereocenters. The predicted molar refractivity (Wildman–Crippen MR) is 154 cm³/mol. The first-order chi connectivity index (χ1) is 19.8. The van der Waals surface area contributed by atoms with Gasteiger partial charge >= 0.3 is 5.97 Å². The normalized spacial score (nSPS) is 11.3. The lowest BCUT2D eigenvalue weighted by Gasteiger charge is -2.23. The van der Waals surface area contributed by atoms with Crippen molar-refractivity contribution in [2.45, 2.75) is 18.7 Å². The van der Waals surface area contributed by atoms with Gasteiger partial charge in [-0.05, 0) is 74.5 Å². The minimum Gasteiger partial charge on any atom is -0.494 e. The second-order valence-corrected chi connectivity index (χ2v) is 10.4. The number of hydrogen-bond acceptors (Lipinski definition) is 8. The first kappa shape index (κ1) is 29.1. The number of anilines is 1. The molecule has 3 aromatic carbocycles. The molecule has 1 N–H and O–H groups in total. The molecule has 41 heavy (non-hydrogen) atoms. The zero-order valence-corrected chi connectivity index (χ0v) is 23.3. The van der Waals surface area contributed by atoms with E-state index in [4.69, 9.17) is 13.9 Å². The molecule has 0 aliphatic rings. The van der Waals surface area contributed by atoms with Crippen molar-refractivity contribution in [3.05, 3.63) is 102 Å². The molecule has 0 aliphatic heterocycles. The number of hydrazone groups is 1. The summed E-state index contributed by atoms with van der Waals surface area (Å²) in [6.07, 6.45) is 1.31. The van der Waals surface area contributed by atoms with Crippen LogP contribution in [-0.4, -0.2) is 46.3 Å². The molecule has 0 radical (unpaired) electrons. The Hall–Kier alpha value is -4.90. The minimum absolute atomic E-state index is 0.0450. The van der Waals surface area contributed by atoms with E-state index >= 15 is 0 Å². The molecule has 1 amide bonds. The molecule has 10 nitrogen and oxygen atoms in total. The zero-order chi connectivity index (χ0) is 29.2. The SMILES string of the molecule is CCOC(=O)c1ccc(-c2ccc(/C=N/NC(=O)CN(c3ccc(OCC)cc3)S(=O)(=O)c3ccccc3)o2)cc1. The number of furan rings is 1. The van der Waals surface area contributed by atoms with Crippen LogP contribution in [0.4, 0.5) is 5.69 Å². The third-order valence-corrected chi connectivity index (χ3v) is 7.53. The van der Waals surface area contributed by atoms with Gasteiger partial charge in [-0.15, -0.1) is 0 Å². The molecule has 0 bridgehead atoms. The van der Waals surface area contributed by atoms with Crippen LogP contribution in [0.2, 0.25) is 0 Å². The molecule has 0 fully saturated rings. The lowest BCUT2D eigenvalue weighted by atomic mass is 10.1. The molecular formula is C30H29N3O7S. The predicted octanol–water partition coefficient (Wildman–Crippen LogP) is 4.87. The average Bonchev–Trinajstić information content (AvgIpc) is 3.46. The van der Waals surface area contributed by atoms with Gasteiger partial charge in [0, 0.05) is 5.56 Å². The average molecular weight is 576 g/mol. The number of carbonyl (C=O) groups excluding carboxylic acids is 2. The van der Waals surface area contributed by atoms with Crippen LogP contribution in [0.25, 0.3) is 11.3 Å². The van der Waals surface area contributed by atoms with Crippen molar-refractivity contribution in [3.63, 3.8) is 0 Å². The van der Waals surface area contributed by atoms with Crippen molar-refractivity contribution in [1.82, 2.24) is 5.43 Å². The number of nitrogens with zero attached hydrogens (tertiary/aromatic N) is 2. The van der Waals surface area contributed by atoms with Crippen LogP contribution in [-0.2, 0) is 19.6 Å². The molecule has 0 atom stereocenters. The Morgan fingerprint density at radius 3 is 2.27 bits per heavy atom. The summed E-state index contributed by atoms with van der Waals surface area (Å²) >= 11 is 0. The molecule has 4 aromatic rings. The van der Waals surface area contributed by atoms with Gasteiger partial charge in [0.1, 0.15) is 23.8 Å². The van der Waals surface area contributed by atoms with Gasteiger partial charge in [-0.25, -0.2) is 18.6 Å². The number of hydrogen-bond donors (Lipinski definition) is 1. The molecule has 212 valence electrons. The monoisotopic (exact) mass is 575 g/mol. The van der Waals surface area contributed by atoms with Gasteiger partial charge < -0.3 is 13.9 Å². The van der Waals surface area contributed by atoms with Crippen LogP contribution >= 0.6 is 0 Å². The Kier molecular flexibility index (Phi) is 9.54. The van der Waals surface area contributed by atoms with Crippen LogP contribution in [0.5, 0.6) is 5.75 Å². The molecule has 0 spiro atoms. The zero-order valence-electron chi connectivity index (χ0n) is 22.5. The Bertz CT molecular complexity index is 1600. The summed E-state index contributed by atoms with van der Waals surface area (Å²) in [7, 11) is -4.06. The molecule has 0 saturated carbocycles. The second kappa shape index (κ2) is 13.4. The number of amides is 1. The number of rotatable bonds is 12. The smallest absolute Gasteiger partial charge is 0.338 e. The largest absolute Gasteiger partial charge is 0.494 e. The van der Waals surface area contributed by atoms with E-state index in [9.17, 15) is 18.0 Å². The number of carbonyl (C=O) groups is 2.